The van der Waals surface area contributed by atoms with Gasteiger partial charge in [-0.1, -0.05) is 35.5 Å². The number of carbonyl (C=O) groups excluding carboxylic acids is 2. The smallest absolute Gasteiger partial charge is 0.257 e. The average molecular weight is 486 g/mol. The first-order valence-corrected chi connectivity index (χ1v) is 11.8. The maximum Gasteiger partial charge on any atom is 0.257 e. The van der Waals surface area contributed by atoms with Gasteiger partial charge < -0.3 is 19.9 Å². The molecule has 0 bridgehead atoms. The van der Waals surface area contributed by atoms with E-state index in [-0.39, 0.29) is 17.6 Å². The summed E-state index contributed by atoms with van der Waals surface area (Å²) < 4.78 is 7.27. The van der Waals surface area contributed by atoms with Crippen LogP contribution in [0.5, 0.6) is 5.75 Å². The van der Waals surface area contributed by atoms with Crippen LogP contribution in [0.25, 0.3) is 0 Å². The number of rotatable bonds is 8. The van der Waals surface area contributed by atoms with E-state index in [4.69, 9.17) is 16.3 Å². The number of thioether (sulfide) groups is 1. The first-order valence-electron chi connectivity index (χ1n) is 10.4. The lowest BCUT2D eigenvalue weighted by molar-refractivity contribution is -0.113. The van der Waals surface area contributed by atoms with Crippen molar-refractivity contribution < 1.29 is 14.3 Å². The summed E-state index contributed by atoms with van der Waals surface area (Å²) in [5.74, 6) is 1.44. The fourth-order valence-electron chi connectivity index (χ4n) is 3.37. The number of nitrogens with one attached hydrogen (secondary N) is 2. The van der Waals surface area contributed by atoms with Gasteiger partial charge in [0.2, 0.25) is 5.91 Å². The van der Waals surface area contributed by atoms with Gasteiger partial charge in [-0.3, -0.25) is 9.59 Å². The number of nitrogens with zero attached hydrogens (tertiary/aromatic N) is 3. The first-order chi connectivity index (χ1) is 15.9. The molecule has 1 aliphatic carbocycles. The number of aryl methyl sites for hydroxylation is 1. The van der Waals surface area contributed by atoms with Crippen LogP contribution in [0, 0.1) is 6.92 Å². The van der Waals surface area contributed by atoms with E-state index < -0.39 is 0 Å². The number of hydrogen-bond donors (Lipinski definition) is 2. The summed E-state index contributed by atoms with van der Waals surface area (Å²) >= 11 is 7.46. The first kappa shape index (κ1) is 23.1. The van der Waals surface area contributed by atoms with E-state index in [0.29, 0.717) is 38.8 Å². The summed E-state index contributed by atoms with van der Waals surface area (Å²) in [6.07, 6.45) is 2.27. The molecule has 10 heteroatoms. The maximum atomic E-state index is 13.0. The third-order valence-corrected chi connectivity index (χ3v) is 6.75. The largest absolute Gasteiger partial charge is 0.495 e. The molecule has 1 heterocycles. The van der Waals surface area contributed by atoms with Gasteiger partial charge in [0.05, 0.1) is 29.8 Å². The van der Waals surface area contributed by atoms with E-state index in [0.717, 1.165) is 24.2 Å². The minimum atomic E-state index is -0.374. The van der Waals surface area contributed by atoms with Gasteiger partial charge in [0.25, 0.3) is 5.91 Å². The van der Waals surface area contributed by atoms with Crippen molar-refractivity contribution in [2.45, 2.75) is 30.8 Å². The topological polar surface area (TPSA) is 98.1 Å². The third kappa shape index (κ3) is 5.31. The van der Waals surface area contributed by atoms with Crippen LogP contribution in [-0.2, 0) is 11.8 Å². The third-order valence-electron chi connectivity index (χ3n) is 5.32. The molecule has 4 rings (SSSR count). The van der Waals surface area contributed by atoms with Gasteiger partial charge in [-0.15, -0.1) is 10.2 Å². The van der Waals surface area contributed by atoms with Gasteiger partial charge in [-0.2, -0.15) is 0 Å². The van der Waals surface area contributed by atoms with E-state index >= 15 is 0 Å². The fraction of sp³-hybridized carbons (Fsp3) is 0.304. The van der Waals surface area contributed by atoms with Crippen molar-refractivity contribution in [2.75, 3.05) is 23.5 Å². The molecular formula is C23H24ClN5O3S. The lowest BCUT2D eigenvalue weighted by Gasteiger charge is -2.14. The fourth-order valence-corrected chi connectivity index (χ4v) is 4.25. The highest BCUT2D eigenvalue weighted by atomic mass is 35.5. The van der Waals surface area contributed by atoms with Crippen molar-refractivity contribution in [2.24, 2.45) is 7.05 Å². The predicted octanol–water partition coefficient (Wildman–Crippen LogP) is 4.65. The number of halogens is 1. The zero-order valence-corrected chi connectivity index (χ0v) is 20.1. The number of carbonyl (C=O) groups is 2. The summed E-state index contributed by atoms with van der Waals surface area (Å²) in [5, 5.41) is 15.3. The lowest BCUT2D eigenvalue weighted by Crippen LogP contribution is -2.19. The highest BCUT2D eigenvalue weighted by molar-refractivity contribution is 7.99. The minimum Gasteiger partial charge on any atom is -0.495 e. The molecule has 0 spiro atoms. The van der Waals surface area contributed by atoms with Crippen molar-refractivity contribution in [3.05, 3.63) is 58.4 Å². The molecule has 0 aliphatic heterocycles. The van der Waals surface area contributed by atoms with E-state index in [2.05, 4.69) is 20.8 Å². The van der Waals surface area contributed by atoms with Gasteiger partial charge in [0.1, 0.15) is 11.6 Å². The number of para-hydroxylation sites is 1. The number of benzene rings is 2. The average Bonchev–Trinajstić information content (AvgIpc) is 3.57. The molecule has 8 nitrogen and oxygen atoms in total. The van der Waals surface area contributed by atoms with Crippen molar-refractivity contribution in [3.8, 4) is 5.75 Å². The second-order valence-electron chi connectivity index (χ2n) is 7.81. The molecule has 0 radical (unpaired) electrons. The van der Waals surface area contributed by atoms with Gasteiger partial charge in [-0.05, 0) is 43.5 Å². The zero-order chi connectivity index (χ0) is 23.5. The highest BCUT2D eigenvalue weighted by Crippen LogP contribution is 2.39. The van der Waals surface area contributed by atoms with Gasteiger partial charge in [0, 0.05) is 24.1 Å². The Kier molecular flexibility index (Phi) is 6.90. The molecule has 172 valence electrons. The summed E-state index contributed by atoms with van der Waals surface area (Å²) in [6.45, 7) is 1.84. The van der Waals surface area contributed by atoms with Crippen molar-refractivity contribution in [3.63, 3.8) is 0 Å². The Balaban J connectivity index is 1.43. The Morgan fingerprint density at radius 1 is 1.18 bits per heavy atom. The quantitative estimate of drug-likeness (QED) is 0.451. The standard InChI is InChI=1S/C23H24ClN5O3S/c1-13-10-18(19(32-3)11-16(13)24)26-22(31)15-6-4-5-7-17(15)25-20(30)12-33-23-28-27-21(29(23)2)14-8-9-14/h4-7,10-11,14H,8-9,12H2,1-3H3,(H,25,30)(H,26,31). The normalized spacial score (nSPS) is 13.0. The Bertz CT molecular complexity index is 1210. The molecule has 0 unspecified atom stereocenters. The van der Waals surface area contributed by atoms with E-state index in [9.17, 15) is 9.59 Å². The van der Waals surface area contributed by atoms with Crippen LogP contribution in [0.2, 0.25) is 5.02 Å². The van der Waals surface area contributed by atoms with Crippen LogP contribution in [0.3, 0.4) is 0 Å². The molecule has 1 aromatic heterocycles. The summed E-state index contributed by atoms with van der Waals surface area (Å²) in [4.78, 5) is 25.6. The van der Waals surface area contributed by atoms with E-state index in [1.54, 1.807) is 36.4 Å². The summed E-state index contributed by atoms with van der Waals surface area (Å²) in [5.41, 5.74) is 2.05. The number of amides is 2. The zero-order valence-electron chi connectivity index (χ0n) is 18.5. The van der Waals surface area contributed by atoms with Crippen LogP contribution >= 0.6 is 23.4 Å². The van der Waals surface area contributed by atoms with Crippen molar-refractivity contribution in [1.29, 1.82) is 0 Å². The molecular weight excluding hydrogens is 462 g/mol. The molecule has 0 atom stereocenters. The monoisotopic (exact) mass is 485 g/mol. The number of anilines is 2. The Hall–Kier alpha value is -3.04. The van der Waals surface area contributed by atoms with E-state index in [1.165, 1.54) is 18.9 Å². The molecule has 0 saturated heterocycles. The van der Waals surface area contributed by atoms with Crippen LogP contribution < -0.4 is 15.4 Å². The highest BCUT2D eigenvalue weighted by Gasteiger charge is 2.29. The Labute approximate surface area is 201 Å². The van der Waals surface area contributed by atoms with Crippen LogP contribution in [0.1, 0.15) is 40.5 Å². The predicted molar refractivity (Wildman–Crippen MR) is 129 cm³/mol. The minimum absolute atomic E-state index is 0.150. The SMILES string of the molecule is COc1cc(Cl)c(C)cc1NC(=O)c1ccccc1NC(=O)CSc1nnc(C2CC2)n1C. The number of hydrogen-bond acceptors (Lipinski definition) is 6. The molecule has 2 N–H and O–H groups in total. The van der Waals surface area contributed by atoms with Gasteiger partial charge in [-0.25, -0.2) is 0 Å². The van der Waals surface area contributed by atoms with Gasteiger partial charge >= 0.3 is 0 Å². The molecule has 3 aromatic rings. The molecule has 1 fully saturated rings. The molecule has 2 amide bonds. The number of aromatic nitrogens is 3. The van der Waals surface area contributed by atoms with Gasteiger partial charge in [0.15, 0.2) is 5.16 Å². The van der Waals surface area contributed by atoms with E-state index in [1.807, 2.05) is 18.5 Å². The maximum absolute atomic E-state index is 13.0. The summed E-state index contributed by atoms with van der Waals surface area (Å²) in [7, 11) is 3.42. The second kappa shape index (κ2) is 9.84. The van der Waals surface area contributed by atoms with Crippen LogP contribution in [0.4, 0.5) is 11.4 Å². The van der Waals surface area contributed by atoms with Crippen molar-refractivity contribution >= 4 is 46.6 Å². The number of methoxy groups -OCH3 is 1. The Morgan fingerprint density at radius 2 is 1.94 bits per heavy atom. The number of ether oxygens (including phenoxy) is 1. The summed E-state index contributed by atoms with van der Waals surface area (Å²) in [6, 6.07) is 10.2. The second-order valence-corrected chi connectivity index (χ2v) is 9.16. The lowest BCUT2D eigenvalue weighted by atomic mass is 10.1. The van der Waals surface area contributed by atoms with Crippen LogP contribution in [-0.4, -0.2) is 39.4 Å². The Morgan fingerprint density at radius 3 is 2.67 bits per heavy atom. The van der Waals surface area contributed by atoms with Crippen molar-refractivity contribution in [1.82, 2.24) is 14.8 Å². The molecule has 2 aromatic carbocycles. The van der Waals surface area contributed by atoms with Crippen LogP contribution in [0.15, 0.2) is 41.6 Å². The molecule has 1 saturated carbocycles. The molecule has 1 aliphatic rings. The molecule has 33 heavy (non-hydrogen) atoms.